The van der Waals surface area contributed by atoms with Crippen molar-refractivity contribution in [2.45, 2.75) is 38.7 Å². The number of rotatable bonds is 6. The van der Waals surface area contributed by atoms with E-state index < -0.39 is 6.10 Å². The summed E-state index contributed by atoms with van der Waals surface area (Å²) in [6, 6.07) is 3.76. The van der Waals surface area contributed by atoms with Crippen molar-refractivity contribution in [3.63, 3.8) is 0 Å². The lowest BCUT2D eigenvalue weighted by atomic mass is 10.1. The third-order valence-electron chi connectivity index (χ3n) is 5.88. The first-order valence-corrected chi connectivity index (χ1v) is 12.4. The van der Waals surface area contributed by atoms with Gasteiger partial charge in [0.25, 0.3) is 5.56 Å². The number of hydrogen-bond acceptors (Lipinski definition) is 9. The van der Waals surface area contributed by atoms with Crippen LogP contribution < -0.4 is 10.5 Å². The fourth-order valence-electron chi connectivity index (χ4n) is 4.00. The van der Waals surface area contributed by atoms with E-state index in [9.17, 15) is 9.90 Å². The number of aliphatic hydroxyl groups excluding tert-OH is 1. The highest BCUT2D eigenvalue weighted by Crippen LogP contribution is 2.24. The van der Waals surface area contributed by atoms with Gasteiger partial charge in [-0.3, -0.25) is 9.20 Å². The number of hydrogen-bond donors (Lipinski definition) is 2. The monoisotopic (exact) mass is 490 g/mol. The molecule has 2 N–H and O–H groups in total. The molecule has 4 aromatic heterocycles. The fourth-order valence-corrected chi connectivity index (χ4v) is 4.87. The van der Waals surface area contributed by atoms with Gasteiger partial charge in [-0.2, -0.15) is 0 Å². The number of aliphatic hydroxyl groups is 1. The first-order valence-electron chi connectivity index (χ1n) is 11.5. The number of anilines is 1. The molecule has 5 rings (SSSR count). The molecular formula is C24H26N8O2S. The smallest absolute Gasteiger partial charge is 0.267 e. The second kappa shape index (κ2) is 9.88. The van der Waals surface area contributed by atoms with Crippen LogP contribution in [0.1, 0.15) is 60.3 Å². The van der Waals surface area contributed by atoms with Gasteiger partial charge in [0.2, 0.25) is 0 Å². The molecule has 5 heterocycles. The van der Waals surface area contributed by atoms with E-state index in [1.807, 2.05) is 29.2 Å². The molecule has 1 aliphatic rings. The quantitative estimate of drug-likeness (QED) is 0.422. The molecule has 0 aliphatic carbocycles. The summed E-state index contributed by atoms with van der Waals surface area (Å²) in [5.41, 5.74) is 2.74. The lowest BCUT2D eigenvalue weighted by Gasteiger charge is -2.32. The SMILES string of the molecule is CC(C)c1csc(C=Cc2ccn3c(=O)c(C=Cc4nnn[nH]4)c(N4CCCC(O)C4)nc3c2)n1. The molecule has 35 heavy (non-hydrogen) atoms. The zero-order valence-electron chi connectivity index (χ0n) is 19.5. The van der Waals surface area contributed by atoms with E-state index in [1.54, 1.807) is 29.7 Å². The number of nitrogens with one attached hydrogen (secondary N) is 1. The van der Waals surface area contributed by atoms with Gasteiger partial charge >= 0.3 is 0 Å². The second-order valence-electron chi connectivity index (χ2n) is 8.80. The predicted molar refractivity (Wildman–Crippen MR) is 137 cm³/mol. The first kappa shape index (κ1) is 23.1. The van der Waals surface area contributed by atoms with E-state index in [1.165, 1.54) is 4.40 Å². The molecule has 0 saturated carbocycles. The summed E-state index contributed by atoms with van der Waals surface area (Å²) in [5.74, 6) is 1.36. The second-order valence-corrected chi connectivity index (χ2v) is 9.69. The minimum Gasteiger partial charge on any atom is -0.391 e. The van der Waals surface area contributed by atoms with Crippen molar-refractivity contribution >= 4 is 47.1 Å². The number of aromatic amines is 1. The molecule has 0 spiro atoms. The van der Waals surface area contributed by atoms with E-state index in [4.69, 9.17) is 4.98 Å². The van der Waals surface area contributed by atoms with Gasteiger partial charge in [-0.15, -0.1) is 16.4 Å². The molecule has 0 radical (unpaired) electrons. The Morgan fingerprint density at radius 1 is 1.23 bits per heavy atom. The van der Waals surface area contributed by atoms with E-state index >= 15 is 0 Å². The summed E-state index contributed by atoms with van der Waals surface area (Å²) in [6.45, 7) is 5.39. The predicted octanol–water partition coefficient (Wildman–Crippen LogP) is 3.09. The van der Waals surface area contributed by atoms with Crippen LogP contribution in [0.5, 0.6) is 0 Å². The molecule has 1 saturated heterocycles. The van der Waals surface area contributed by atoms with Crippen LogP contribution in [0.4, 0.5) is 5.82 Å². The largest absolute Gasteiger partial charge is 0.391 e. The van der Waals surface area contributed by atoms with Crippen molar-refractivity contribution in [2.75, 3.05) is 18.0 Å². The standard InChI is InChI=1S/C24H26N8O2S/c1-15(2)19-14-35-22(25-19)8-5-16-9-11-32-21(12-16)26-23(31-10-3-4-17(33)13-31)18(24(32)34)6-7-20-27-29-30-28-20/h5-9,11-12,14-15,17,33H,3-4,10,13H2,1-2H3,(H,27,28,29,30). The van der Waals surface area contributed by atoms with Gasteiger partial charge in [-0.05, 0) is 65.1 Å². The molecule has 4 aromatic rings. The minimum atomic E-state index is -0.456. The summed E-state index contributed by atoms with van der Waals surface area (Å²) in [5, 5.41) is 26.9. The first-order chi connectivity index (χ1) is 17.0. The third kappa shape index (κ3) is 5.05. The van der Waals surface area contributed by atoms with Crippen LogP contribution in [0.2, 0.25) is 0 Å². The van der Waals surface area contributed by atoms with Gasteiger partial charge < -0.3 is 10.0 Å². The Balaban J connectivity index is 1.54. The number of thiazole rings is 1. The number of pyridine rings is 1. The molecule has 1 fully saturated rings. The van der Waals surface area contributed by atoms with E-state index in [-0.39, 0.29) is 5.56 Å². The molecule has 1 atom stereocenters. The van der Waals surface area contributed by atoms with Gasteiger partial charge in [0.1, 0.15) is 16.5 Å². The Bertz CT molecular complexity index is 1440. The average molecular weight is 491 g/mol. The number of tetrazole rings is 1. The highest BCUT2D eigenvalue weighted by molar-refractivity contribution is 7.10. The van der Waals surface area contributed by atoms with E-state index in [2.05, 4.69) is 44.8 Å². The molecular weight excluding hydrogens is 464 g/mol. The van der Waals surface area contributed by atoms with Crippen LogP contribution >= 0.6 is 11.3 Å². The zero-order chi connectivity index (χ0) is 24.4. The summed E-state index contributed by atoms with van der Waals surface area (Å²) >= 11 is 1.61. The van der Waals surface area contributed by atoms with Gasteiger partial charge in [0.15, 0.2) is 5.82 Å². The van der Waals surface area contributed by atoms with Crippen LogP contribution in [0.25, 0.3) is 30.0 Å². The van der Waals surface area contributed by atoms with Crippen molar-refractivity contribution in [2.24, 2.45) is 0 Å². The van der Waals surface area contributed by atoms with Crippen molar-refractivity contribution < 1.29 is 5.11 Å². The fraction of sp³-hybridized carbons (Fsp3) is 0.333. The minimum absolute atomic E-state index is 0.203. The van der Waals surface area contributed by atoms with Crippen LogP contribution in [-0.4, -0.2) is 59.3 Å². The Kier molecular flexibility index (Phi) is 6.51. The summed E-state index contributed by atoms with van der Waals surface area (Å²) in [7, 11) is 0. The van der Waals surface area contributed by atoms with Gasteiger partial charge in [-0.1, -0.05) is 19.9 Å². The Morgan fingerprint density at radius 2 is 2.11 bits per heavy atom. The zero-order valence-corrected chi connectivity index (χ0v) is 20.3. The molecule has 0 amide bonds. The molecule has 1 aliphatic heterocycles. The maximum Gasteiger partial charge on any atom is 0.267 e. The summed E-state index contributed by atoms with van der Waals surface area (Å²) < 4.78 is 1.53. The van der Waals surface area contributed by atoms with E-state index in [0.717, 1.165) is 29.1 Å². The normalized spacial score (nSPS) is 16.9. The topological polar surface area (TPSA) is 125 Å². The number of H-pyrrole nitrogens is 1. The van der Waals surface area contributed by atoms with Crippen molar-refractivity contribution in [1.29, 1.82) is 0 Å². The van der Waals surface area contributed by atoms with Gasteiger partial charge in [0.05, 0.1) is 17.4 Å². The number of piperidine rings is 1. The maximum atomic E-state index is 13.5. The summed E-state index contributed by atoms with van der Waals surface area (Å²) in [4.78, 5) is 25.0. The molecule has 10 nitrogen and oxygen atoms in total. The van der Waals surface area contributed by atoms with Crippen LogP contribution in [-0.2, 0) is 0 Å². The lowest BCUT2D eigenvalue weighted by Crippen LogP contribution is -2.40. The van der Waals surface area contributed by atoms with Crippen molar-refractivity contribution in [3.05, 3.63) is 61.7 Å². The molecule has 0 bridgehead atoms. The molecule has 1 unspecified atom stereocenters. The van der Waals surface area contributed by atoms with Crippen molar-refractivity contribution in [1.82, 2.24) is 35.0 Å². The Morgan fingerprint density at radius 3 is 2.86 bits per heavy atom. The average Bonchev–Trinajstić information content (AvgIpc) is 3.54. The van der Waals surface area contributed by atoms with Crippen LogP contribution in [0.3, 0.4) is 0 Å². The maximum absolute atomic E-state index is 13.5. The van der Waals surface area contributed by atoms with E-state index in [0.29, 0.717) is 41.9 Å². The number of β-amino-alcohol motifs (C(OH)–C–C–N with tert-alkyl or cyclic N) is 1. The number of aromatic nitrogens is 7. The lowest BCUT2D eigenvalue weighted by molar-refractivity contribution is 0.154. The van der Waals surface area contributed by atoms with Crippen LogP contribution in [0.15, 0.2) is 28.5 Å². The molecule has 0 aromatic carbocycles. The Labute approximate surface area is 205 Å². The number of nitrogens with zero attached hydrogens (tertiary/aromatic N) is 7. The highest BCUT2D eigenvalue weighted by Gasteiger charge is 2.23. The van der Waals surface area contributed by atoms with Gasteiger partial charge in [0, 0.05) is 24.7 Å². The molecule has 11 heteroatoms. The van der Waals surface area contributed by atoms with Crippen molar-refractivity contribution in [3.8, 4) is 0 Å². The molecule has 180 valence electrons. The third-order valence-corrected chi connectivity index (χ3v) is 6.71. The Hall–Kier alpha value is -3.70. The number of fused-ring (bicyclic) bond motifs is 1. The van der Waals surface area contributed by atoms with Crippen LogP contribution in [0, 0.1) is 0 Å². The van der Waals surface area contributed by atoms with Gasteiger partial charge in [-0.25, -0.2) is 15.1 Å². The highest BCUT2D eigenvalue weighted by atomic mass is 32.1. The summed E-state index contributed by atoms with van der Waals surface area (Å²) in [6.07, 6.45) is 10.1.